The third-order valence-corrected chi connectivity index (χ3v) is 6.87. The Balaban J connectivity index is 1.33. The molecule has 0 atom stereocenters. The van der Waals surface area contributed by atoms with Crippen molar-refractivity contribution in [2.75, 3.05) is 5.32 Å². The Hall–Kier alpha value is -3.59. The summed E-state index contributed by atoms with van der Waals surface area (Å²) in [6.45, 7) is 4.65. The highest BCUT2D eigenvalue weighted by Crippen LogP contribution is 2.29. The van der Waals surface area contributed by atoms with Crippen LogP contribution in [0.1, 0.15) is 24.0 Å². The standard InChI is InChI=1S/C25H27N5O3S/c1-16-7-10-20(14-17(16)2)34-19-11-8-18(9-12-19)27-21(31)6-5-13-30-15-26-23-22(30)24(32)29(4)25(33)28(23)3/h7-12,14-15H,5-6,13H2,1-4H3,(H,27,31). The Morgan fingerprint density at radius 2 is 1.68 bits per heavy atom. The van der Waals surface area contributed by atoms with E-state index in [1.807, 2.05) is 24.3 Å². The van der Waals surface area contributed by atoms with E-state index in [2.05, 4.69) is 42.3 Å². The van der Waals surface area contributed by atoms with Gasteiger partial charge in [-0.1, -0.05) is 17.8 Å². The number of nitrogens with zero attached hydrogens (tertiary/aromatic N) is 4. The Morgan fingerprint density at radius 3 is 2.38 bits per heavy atom. The van der Waals surface area contributed by atoms with Crippen molar-refractivity contribution >= 4 is 34.5 Å². The lowest BCUT2D eigenvalue weighted by Crippen LogP contribution is -2.37. The number of hydrogen-bond acceptors (Lipinski definition) is 5. The minimum absolute atomic E-state index is 0.0979. The number of aryl methyl sites for hydroxylation is 4. The number of amides is 1. The van der Waals surface area contributed by atoms with Crippen molar-refractivity contribution in [3.05, 3.63) is 80.8 Å². The minimum atomic E-state index is -0.416. The van der Waals surface area contributed by atoms with Gasteiger partial charge in [-0.2, -0.15) is 0 Å². The second-order valence-corrected chi connectivity index (χ2v) is 9.49. The van der Waals surface area contributed by atoms with E-state index in [1.165, 1.54) is 34.0 Å². The SMILES string of the molecule is Cc1ccc(Sc2ccc(NC(=O)CCCn3cnc4c3c(=O)n(C)c(=O)n4C)cc2)cc1C. The number of benzene rings is 2. The van der Waals surface area contributed by atoms with E-state index in [0.29, 0.717) is 30.6 Å². The van der Waals surface area contributed by atoms with E-state index in [1.54, 1.807) is 23.4 Å². The molecule has 0 radical (unpaired) electrons. The maximum absolute atomic E-state index is 12.5. The van der Waals surface area contributed by atoms with E-state index in [0.717, 1.165) is 15.1 Å². The normalized spacial score (nSPS) is 11.2. The number of fused-ring (bicyclic) bond motifs is 1. The number of anilines is 1. The van der Waals surface area contributed by atoms with Gasteiger partial charge in [0.2, 0.25) is 5.91 Å². The number of rotatable bonds is 7. The number of carbonyl (C=O) groups excluding carboxylic acids is 1. The Labute approximate surface area is 201 Å². The van der Waals surface area contributed by atoms with Crippen LogP contribution >= 0.6 is 11.8 Å². The van der Waals surface area contributed by atoms with Crippen LogP contribution in [0.25, 0.3) is 11.2 Å². The smallest absolute Gasteiger partial charge is 0.326 e. The van der Waals surface area contributed by atoms with Gasteiger partial charge in [0.05, 0.1) is 6.33 Å². The predicted octanol–water partition coefficient (Wildman–Crippen LogP) is 3.62. The number of nitrogens with one attached hydrogen (secondary N) is 1. The summed E-state index contributed by atoms with van der Waals surface area (Å²) >= 11 is 1.69. The van der Waals surface area contributed by atoms with Crippen LogP contribution in [0.15, 0.2) is 68.2 Å². The van der Waals surface area contributed by atoms with Gasteiger partial charge in [-0.3, -0.25) is 18.7 Å². The lowest BCUT2D eigenvalue weighted by molar-refractivity contribution is -0.116. The third kappa shape index (κ3) is 4.84. The highest BCUT2D eigenvalue weighted by Gasteiger charge is 2.14. The monoisotopic (exact) mass is 477 g/mol. The lowest BCUT2D eigenvalue weighted by atomic mass is 10.1. The second kappa shape index (κ2) is 9.72. The van der Waals surface area contributed by atoms with Crippen LogP contribution in [-0.4, -0.2) is 24.6 Å². The first-order valence-corrected chi connectivity index (χ1v) is 11.8. The molecule has 4 aromatic rings. The van der Waals surface area contributed by atoms with Crippen molar-refractivity contribution in [3.63, 3.8) is 0 Å². The fraction of sp³-hybridized carbons (Fsp3) is 0.280. The molecule has 0 unspecified atom stereocenters. The van der Waals surface area contributed by atoms with Crippen LogP contribution in [0, 0.1) is 13.8 Å². The van der Waals surface area contributed by atoms with E-state index in [4.69, 9.17) is 0 Å². The Kier molecular flexibility index (Phi) is 6.74. The van der Waals surface area contributed by atoms with E-state index in [-0.39, 0.29) is 11.5 Å². The van der Waals surface area contributed by atoms with Gasteiger partial charge in [0.1, 0.15) is 0 Å². The highest BCUT2D eigenvalue weighted by atomic mass is 32.2. The molecule has 9 heteroatoms. The maximum atomic E-state index is 12.5. The molecule has 4 rings (SSSR count). The molecular formula is C25H27N5O3S. The van der Waals surface area contributed by atoms with Crippen LogP contribution < -0.4 is 16.6 Å². The molecule has 0 spiro atoms. The zero-order chi connectivity index (χ0) is 24.4. The molecule has 0 bridgehead atoms. The molecule has 0 aliphatic rings. The van der Waals surface area contributed by atoms with Crippen molar-refractivity contribution < 1.29 is 4.79 Å². The van der Waals surface area contributed by atoms with Gasteiger partial charge >= 0.3 is 5.69 Å². The van der Waals surface area contributed by atoms with Crippen molar-refractivity contribution in [1.29, 1.82) is 0 Å². The van der Waals surface area contributed by atoms with Gasteiger partial charge in [0, 0.05) is 42.5 Å². The van der Waals surface area contributed by atoms with Crippen LogP contribution in [0.3, 0.4) is 0 Å². The fourth-order valence-electron chi connectivity index (χ4n) is 3.72. The average molecular weight is 478 g/mol. The first-order chi connectivity index (χ1) is 16.2. The van der Waals surface area contributed by atoms with Crippen LogP contribution in [0.5, 0.6) is 0 Å². The molecule has 0 aliphatic heterocycles. The van der Waals surface area contributed by atoms with Crippen LogP contribution in [-0.2, 0) is 25.4 Å². The summed E-state index contributed by atoms with van der Waals surface area (Å²) in [6.07, 6.45) is 2.37. The molecule has 2 aromatic carbocycles. The summed E-state index contributed by atoms with van der Waals surface area (Å²) in [5.74, 6) is -0.0979. The summed E-state index contributed by atoms with van der Waals surface area (Å²) in [5.41, 5.74) is 3.18. The molecule has 1 N–H and O–H groups in total. The third-order valence-electron chi connectivity index (χ3n) is 5.87. The minimum Gasteiger partial charge on any atom is -0.326 e. The van der Waals surface area contributed by atoms with Crippen molar-refractivity contribution in [3.8, 4) is 0 Å². The largest absolute Gasteiger partial charge is 0.332 e. The second-order valence-electron chi connectivity index (χ2n) is 8.34. The molecule has 8 nitrogen and oxygen atoms in total. The van der Waals surface area contributed by atoms with Crippen LogP contribution in [0.4, 0.5) is 5.69 Å². The van der Waals surface area contributed by atoms with Crippen molar-refractivity contribution in [1.82, 2.24) is 18.7 Å². The Bertz CT molecular complexity index is 1480. The van der Waals surface area contributed by atoms with Gasteiger partial charge in [-0.15, -0.1) is 0 Å². The molecule has 0 fully saturated rings. The molecular weight excluding hydrogens is 450 g/mol. The molecule has 1 amide bonds. The van der Waals surface area contributed by atoms with E-state index < -0.39 is 5.69 Å². The predicted molar refractivity (Wildman–Crippen MR) is 135 cm³/mol. The summed E-state index contributed by atoms with van der Waals surface area (Å²) in [4.78, 5) is 43.5. The van der Waals surface area contributed by atoms with Crippen molar-refractivity contribution in [2.24, 2.45) is 14.1 Å². The molecule has 2 heterocycles. The molecule has 0 aliphatic carbocycles. The van der Waals surface area contributed by atoms with Crippen molar-refractivity contribution in [2.45, 2.75) is 43.0 Å². The molecule has 34 heavy (non-hydrogen) atoms. The van der Waals surface area contributed by atoms with E-state index in [9.17, 15) is 14.4 Å². The number of aromatic nitrogens is 4. The average Bonchev–Trinajstić information content (AvgIpc) is 3.24. The lowest BCUT2D eigenvalue weighted by Gasteiger charge is -2.09. The van der Waals surface area contributed by atoms with E-state index >= 15 is 0 Å². The first-order valence-electron chi connectivity index (χ1n) is 11.0. The van der Waals surface area contributed by atoms with Gasteiger partial charge < -0.3 is 9.88 Å². The number of carbonyl (C=O) groups is 1. The zero-order valence-corrected chi connectivity index (χ0v) is 20.5. The number of hydrogen-bond donors (Lipinski definition) is 1. The highest BCUT2D eigenvalue weighted by molar-refractivity contribution is 7.99. The summed E-state index contributed by atoms with van der Waals surface area (Å²) in [6, 6.07) is 14.2. The van der Waals surface area contributed by atoms with Gasteiger partial charge in [0.25, 0.3) is 5.56 Å². The quantitative estimate of drug-likeness (QED) is 0.439. The summed E-state index contributed by atoms with van der Waals surface area (Å²) < 4.78 is 4.11. The first kappa shape index (κ1) is 23.6. The molecule has 2 aromatic heterocycles. The number of imidazole rings is 1. The molecule has 0 saturated carbocycles. The van der Waals surface area contributed by atoms with Gasteiger partial charge in [-0.25, -0.2) is 9.78 Å². The van der Waals surface area contributed by atoms with Gasteiger partial charge in [0.15, 0.2) is 11.2 Å². The van der Waals surface area contributed by atoms with Crippen LogP contribution in [0.2, 0.25) is 0 Å². The molecule has 0 saturated heterocycles. The fourth-order valence-corrected chi connectivity index (χ4v) is 4.64. The molecule has 176 valence electrons. The Morgan fingerprint density at radius 1 is 0.971 bits per heavy atom. The zero-order valence-electron chi connectivity index (χ0n) is 19.7. The summed E-state index contributed by atoms with van der Waals surface area (Å²) in [7, 11) is 3.03. The van der Waals surface area contributed by atoms with Gasteiger partial charge in [-0.05, 0) is 67.8 Å². The maximum Gasteiger partial charge on any atom is 0.332 e. The summed E-state index contributed by atoms with van der Waals surface area (Å²) in [5, 5.41) is 2.92. The topological polar surface area (TPSA) is 90.9 Å².